The molecule has 0 aliphatic carbocycles. The molecule has 0 saturated carbocycles. The van der Waals surface area contributed by atoms with Crippen LogP contribution in [0.1, 0.15) is 18.9 Å². The fraction of sp³-hybridized carbons (Fsp3) is 0.227. The Hall–Kier alpha value is -2.83. The van der Waals surface area contributed by atoms with Gasteiger partial charge in [-0.3, -0.25) is 14.4 Å². The second-order valence-electron chi connectivity index (χ2n) is 6.88. The first kappa shape index (κ1) is 21.9. The number of para-hydroxylation sites is 1. The lowest BCUT2D eigenvalue weighted by Gasteiger charge is -2.22. The van der Waals surface area contributed by atoms with Gasteiger partial charge < -0.3 is 15.2 Å². The van der Waals surface area contributed by atoms with Crippen molar-refractivity contribution in [1.29, 1.82) is 0 Å². The van der Waals surface area contributed by atoms with Crippen molar-refractivity contribution in [2.45, 2.75) is 19.8 Å². The summed E-state index contributed by atoms with van der Waals surface area (Å²) in [6.07, 6.45) is 0.580. The minimum Gasteiger partial charge on any atom is -0.333 e. The Morgan fingerprint density at radius 3 is 2.63 bits per heavy atom. The molecule has 3 rings (SSSR count). The van der Waals surface area contributed by atoms with Crippen molar-refractivity contribution >= 4 is 51.6 Å². The molecular formula is C22H21Cl2N3O3. The third-order valence-electron chi connectivity index (χ3n) is 4.56. The van der Waals surface area contributed by atoms with E-state index in [1.807, 2.05) is 25.1 Å². The average molecular weight is 446 g/mol. The number of halogens is 2. The Morgan fingerprint density at radius 1 is 1.10 bits per heavy atom. The van der Waals surface area contributed by atoms with Crippen LogP contribution >= 0.6 is 23.2 Å². The van der Waals surface area contributed by atoms with Crippen molar-refractivity contribution in [3.63, 3.8) is 0 Å². The topological polar surface area (TPSA) is 82.3 Å². The van der Waals surface area contributed by atoms with Gasteiger partial charge in [0.25, 0.3) is 5.56 Å². The highest BCUT2D eigenvalue weighted by atomic mass is 35.5. The maximum atomic E-state index is 12.8. The molecule has 0 atom stereocenters. The van der Waals surface area contributed by atoms with Crippen LogP contribution in [0.3, 0.4) is 0 Å². The molecule has 0 aliphatic rings. The van der Waals surface area contributed by atoms with Crippen LogP contribution in [0.4, 0.5) is 5.69 Å². The zero-order valence-corrected chi connectivity index (χ0v) is 17.9. The fourth-order valence-electron chi connectivity index (χ4n) is 3.12. The van der Waals surface area contributed by atoms with Crippen molar-refractivity contribution in [3.8, 4) is 0 Å². The summed E-state index contributed by atoms with van der Waals surface area (Å²) in [6, 6.07) is 13.8. The van der Waals surface area contributed by atoms with Crippen LogP contribution in [0.25, 0.3) is 10.9 Å². The number of pyridine rings is 1. The smallest absolute Gasteiger partial charge is 0.252 e. The van der Waals surface area contributed by atoms with Gasteiger partial charge in [0.05, 0.1) is 23.7 Å². The standard InChI is InChI=1S/C22H21Cl2N3O3/c1-2-9-27(13-20(28)25-19-12-16(23)7-8-17(19)24)21(29)11-15-10-14-5-3-4-6-18(14)26-22(15)30/h3-8,10,12H,2,9,11,13H2,1H3,(H,25,28)(H,26,30). The molecule has 30 heavy (non-hydrogen) atoms. The van der Waals surface area contributed by atoms with Crippen molar-refractivity contribution < 1.29 is 9.59 Å². The molecule has 0 bridgehead atoms. The SMILES string of the molecule is CCCN(CC(=O)Nc1cc(Cl)ccc1Cl)C(=O)Cc1cc2ccccc2[nH]c1=O. The molecule has 2 amide bonds. The number of rotatable bonds is 7. The van der Waals surface area contributed by atoms with Crippen molar-refractivity contribution in [2.24, 2.45) is 0 Å². The predicted octanol–water partition coefficient (Wildman–Crippen LogP) is 4.25. The molecule has 0 unspecified atom stereocenters. The number of hydrogen-bond acceptors (Lipinski definition) is 3. The van der Waals surface area contributed by atoms with Crippen LogP contribution in [-0.4, -0.2) is 34.8 Å². The largest absolute Gasteiger partial charge is 0.333 e. The molecule has 2 aromatic carbocycles. The second kappa shape index (κ2) is 9.78. The van der Waals surface area contributed by atoms with Gasteiger partial charge >= 0.3 is 0 Å². The molecule has 6 nitrogen and oxygen atoms in total. The number of aromatic nitrogens is 1. The van der Waals surface area contributed by atoms with E-state index in [4.69, 9.17) is 23.2 Å². The third kappa shape index (κ3) is 5.40. The van der Waals surface area contributed by atoms with Crippen LogP contribution in [0.2, 0.25) is 10.0 Å². The van der Waals surface area contributed by atoms with Crippen LogP contribution in [0.5, 0.6) is 0 Å². The van der Waals surface area contributed by atoms with Gasteiger partial charge in [-0.15, -0.1) is 0 Å². The van der Waals surface area contributed by atoms with Crippen molar-refractivity contribution in [1.82, 2.24) is 9.88 Å². The highest BCUT2D eigenvalue weighted by Crippen LogP contribution is 2.25. The zero-order chi connectivity index (χ0) is 21.7. The molecule has 1 aromatic heterocycles. The van der Waals surface area contributed by atoms with Crippen LogP contribution in [0.15, 0.2) is 53.3 Å². The lowest BCUT2D eigenvalue weighted by atomic mass is 10.1. The highest BCUT2D eigenvalue weighted by Gasteiger charge is 2.19. The van der Waals surface area contributed by atoms with E-state index >= 15 is 0 Å². The molecule has 2 N–H and O–H groups in total. The zero-order valence-electron chi connectivity index (χ0n) is 16.4. The number of nitrogens with zero attached hydrogens (tertiary/aromatic N) is 1. The van der Waals surface area contributed by atoms with E-state index in [-0.39, 0.29) is 24.4 Å². The summed E-state index contributed by atoms with van der Waals surface area (Å²) in [6.45, 7) is 2.15. The van der Waals surface area contributed by atoms with E-state index in [0.29, 0.717) is 39.8 Å². The fourth-order valence-corrected chi connectivity index (χ4v) is 3.45. The van der Waals surface area contributed by atoms with Gasteiger partial charge in [-0.25, -0.2) is 0 Å². The normalized spacial score (nSPS) is 10.8. The number of anilines is 1. The number of aromatic amines is 1. The summed E-state index contributed by atoms with van der Waals surface area (Å²) < 4.78 is 0. The van der Waals surface area contributed by atoms with Crippen molar-refractivity contribution in [2.75, 3.05) is 18.4 Å². The van der Waals surface area contributed by atoms with Gasteiger partial charge in [0.15, 0.2) is 0 Å². The Labute approximate surface area is 183 Å². The first-order chi connectivity index (χ1) is 14.4. The molecular weight excluding hydrogens is 425 g/mol. The number of fused-ring (bicyclic) bond motifs is 1. The summed E-state index contributed by atoms with van der Waals surface area (Å²) in [5, 5.41) is 4.31. The van der Waals surface area contributed by atoms with Crippen molar-refractivity contribution in [3.05, 3.63) is 74.5 Å². The number of carbonyl (C=O) groups is 2. The summed E-state index contributed by atoms with van der Waals surface area (Å²) in [4.78, 5) is 41.9. The minimum absolute atomic E-state index is 0.0919. The van der Waals surface area contributed by atoms with E-state index in [0.717, 1.165) is 5.39 Å². The lowest BCUT2D eigenvalue weighted by Crippen LogP contribution is -2.40. The molecule has 0 spiro atoms. The lowest BCUT2D eigenvalue weighted by molar-refractivity contribution is -0.134. The van der Waals surface area contributed by atoms with Crippen LogP contribution in [-0.2, 0) is 16.0 Å². The summed E-state index contributed by atoms with van der Waals surface area (Å²) >= 11 is 12.0. The summed E-state index contributed by atoms with van der Waals surface area (Å²) in [5.41, 5.74) is 1.14. The van der Waals surface area contributed by atoms with Crippen LogP contribution < -0.4 is 10.9 Å². The molecule has 0 fully saturated rings. The monoisotopic (exact) mass is 445 g/mol. The van der Waals surface area contributed by atoms with Gasteiger partial charge in [-0.2, -0.15) is 0 Å². The molecule has 8 heteroatoms. The maximum absolute atomic E-state index is 12.8. The second-order valence-corrected chi connectivity index (χ2v) is 7.72. The van der Waals surface area contributed by atoms with Gasteiger partial charge in [0.2, 0.25) is 11.8 Å². The summed E-state index contributed by atoms with van der Waals surface area (Å²) in [5.74, 6) is -0.696. The van der Waals surface area contributed by atoms with Gasteiger partial charge in [0, 0.05) is 22.6 Å². The molecule has 0 saturated heterocycles. The van der Waals surface area contributed by atoms with E-state index in [2.05, 4.69) is 10.3 Å². The van der Waals surface area contributed by atoms with Gasteiger partial charge in [-0.1, -0.05) is 48.3 Å². The molecule has 156 valence electrons. The molecule has 0 radical (unpaired) electrons. The van der Waals surface area contributed by atoms with Gasteiger partial charge in [-0.05, 0) is 42.1 Å². The van der Waals surface area contributed by atoms with E-state index in [1.165, 1.54) is 4.90 Å². The summed E-state index contributed by atoms with van der Waals surface area (Å²) in [7, 11) is 0. The van der Waals surface area contributed by atoms with Crippen LogP contribution in [0, 0.1) is 0 Å². The van der Waals surface area contributed by atoms with E-state index in [1.54, 1.807) is 30.3 Å². The van der Waals surface area contributed by atoms with E-state index in [9.17, 15) is 14.4 Å². The number of hydrogen-bond donors (Lipinski definition) is 2. The van der Waals surface area contributed by atoms with E-state index < -0.39 is 5.91 Å². The number of H-pyrrole nitrogens is 1. The Bertz CT molecular complexity index is 1140. The minimum atomic E-state index is -0.395. The first-order valence-electron chi connectivity index (χ1n) is 9.51. The first-order valence-corrected chi connectivity index (χ1v) is 10.3. The number of carbonyl (C=O) groups excluding carboxylic acids is 2. The maximum Gasteiger partial charge on any atom is 0.252 e. The third-order valence-corrected chi connectivity index (χ3v) is 5.12. The Morgan fingerprint density at radius 2 is 1.87 bits per heavy atom. The predicted molar refractivity (Wildman–Crippen MR) is 120 cm³/mol. The molecule has 3 aromatic rings. The number of benzene rings is 2. The molecule has 0 aliphatic heterocycles. The quantitative estimate of drug-likeness (QED) is 0.569. The number of amides is 2. The Balaban J connectivity index is 1.73. The Kier molecular flexibility index (Phi) is 7.13. The highest BCUT2D eigenvalue weighted by molar-refractivity contribution is 6.35. The molecule has 1 heterocycles. The van der Waals surface area contributed by atoms with Gasteiger partial charge in [0.1, 0.15) is 0 Å². The average Bonchev–Trinajstić information content (AvgIpc) is 2.71. The number of nitrogens with one attached hydrogen (secondary N) is 2.